The predicted molar refractivity (Wildman–Crippen MR) is 69.8 cm³/mol. The van der Waals surface area contributed by atoms with Crippen LogP contribution >= 0.6 is 0 Å². The summed E-state index contributed by atoms with van der Waals surface area (Å²) in [6, 6.07) is 1.74. The molecule has 18 heavy (non-hydrogen) atoms. The average molecular weight is 243 g/mol. The molecule has 1 aliphatic carbocycles. The van der Waals surface area contributed by atoms with Crippen LogP contribution in [-0.2, 0) is 0 Å². The highest BCUT2D eigenvalue weighted by atomic mass is 16.1. The number of hydrogen-bond donors (Lipinski definition) is 2. The Labute approximate surface area is 107 Å². The zero-order chi connectivity index (χ0) is 12.8. The zero-order valence-corrected chi connectivity index (χ0v) is 10.3. The Bertz CT molecular complexity index is 483. The molecule has 1 heterocycles. The molecule has 94 valence electrons. The summed E-state index contributed by atoms with van der Waals surface area (Å²) in [4.78, 5) is 15.9. The van der Waals surface area contributed by atoms with Crippen molar-refractivity contribution in [1.29, 1.82) is 0 Å². The molecule has 0 atom stereocenters. The maximum absolute atomic E-state index is 11.9. The number of nitrogens with two attached hydrogens (primary N) is 1. The topological polar surface area (TPSA) is 68.0 Å². The van der Waals surface area contributed by atoms with E-state index in [1.807, 2.05) is 0 Å². The van der Waals surface area contributed by atoms with Gasteiger partial charge in [-0.1, -0.05) is 18.3 Å². The predicted octanol–water partition coefficient (Wildman–Crippen LogP) is 0.922. The third-order valence-corrected chi connectivity index (χ3v) is 3.11. The van der Waals surface area contributed by atoms with Gasteiger partial charge in [-0.05, 0) is 24.8 Å². The lowest BCUT2D eigenvalue weighted by molar-refractivity contribution is 0.0938. The van der Waals surface area contributed by atoms with Gasteiger partial charge < -0.3 is 11.1 Å². The van der Waals surface area contributed by atoms with Gasteiger partial charge in [0, 0.05) is 24.5 Å². The van der Waals surface area contributed by atoms with Gasteiger partial charge in [0.05, 0.1) is 12.1 Å². The van der Waals surface area contributed by atoms with E-state index in [1.165, 1.54) is 19.3 Å². The number of carbonyl (C=O) groups excluding carboxylic acids is 1. The number of pyridine rings is 1. The number of nitrogens with zero attached hydrogens (tertiary/aromatic N) is 1. The Morgan fingerprint density at radius 1 is 1.50 bits per heavy atom. The second-order valence-corrected chi connectivity index (χ2v) is 4.48. The van der Waals surface area contributed by atoms with Crippen molar-refractivity contribution < 1.29 is 4.79 Å². The number of amides is 1. The molecule has 0 unspecified atom stereocenters. The van der Waals surface area contributed by atoms with E-state index < -0.39 is 0 Å². The second-order valence-electron chi connectivity index (χ2n) is 4.48. The van der Waals surface area contributed by atoms with Crippen molar-refractivity contribution >= 4 is 5.91 Å². The van der Waals surface area contributed by atoms with Gasteiger partial charge in [-0.25, -0.2) is 0 Å². The van der Waals surface area contributed by atoms with Crippen molar-refractivity contribution in [3.8, 4) is 11.8 Å². The fourth-order valence-corrected chi connectivity index (χ4v) is 1.82. The SMILES string of the molecule is NCC#Cc1cncc(C(=O)NCC2CCC2)c1. The second kappa shape index (κ2) is 6.18. The first-order valence-electron chi connectivity index (χ1n) is 6.22. The Morgan fingerprint density at radius 3 is 3.00 bits per heavy atom. The molecule has 3 N–H and O–H groups in total. The Kier molecular flexibility index (Phi) is 4.32. The molecule has 1 amide bonds. The lowest BCUT2D eigenvalue weighted by Gasteiger charge is -2.25. The minimum absolute atomic E-state index is 0.0780. The lowest BCUT2D eigenvalue weighted by atomic mass is 9.85. The van der Waals surface area contributed by atoms with Gasteiger partial charge in [-0.15, -0.1) is 0 Å². The van der Waals surface area contributed by atoms with Crippen LogP contribution in [-0.4, -0.2) is 24.0 Å². The van der Waals surface area contributed by atoms with Gasteiger partial charge in [0.15, 0.2) is 0 Å². The highest BCUT2D eigenvalue weighted by molar-refractivity contribution is 5.94. The van der Waals surface area contributed by atoms with Crippen LogP contribution in [0.2, 0.25) is 0 Å². The third-order valence-electron chi connectivity index (χ3n) is 3.11. The van der Waals surface area contributed by atoms with E-state index in [0.29, 0.717) is 18.0 Å². The average Bonchev–Trinajstić information content (AvgIpc) is 2.34. The van der Waals surface area contributed by atoms with Gasteiger partial charge in [0.1, 0.15) is 0 Å². The molecule has 0 aliphatic heterocycles. The quantitative estimate of drug-likeness (QED) is 0.776. The summed E-state index contributed by atoms with van der Waals surface area (Å²) < 4.78 is 0. The molecule has 1 aromatic heterocycles. The van der Waals surface area contributed by atoms with Crippen LogP contribution in [0.1, 0.15) is 35.2 Å². The number of nitrogens with one attached hydrogen (secondary N) is 1. The fourth-order valence-electron chi connectivity index (χ4n) is 1.82. The molecule has 0 spiro atoms. The first-order valence-corrected chi connectivity index (χ1v) is 6.22. The van der Waals surface area contributed by atoms with E-state index in [9.17, 15) is 4.79 Å². The van der Waals surface area contributed by atoms with Crippen molar-refractivity contribution in [1.82, 2.24) is 10.3 Å². The molecule has 4 nitrogen and oxygen atoms in total. The Hall–Kier alpha value is -1.86. The summed E-state index contributed by atoms with van der Waals surface area (Å²) in [6.07, 6.45) is 6.92. The molecule has 1 saturated carbocycles. The van der Waals surface area contributed by atoms with Gasteiger partial charge >= 0.3 is 0 Å². The molecule has 1 aromatic rings. The number of aromatic nitrogens is 1. The smallest absolute Gasteiger partial charge is 0.252 e. The number of carbonyl (C=O) groups is 1. The summed E-state index contributed by atoms with van der Waals surface area (Å²) in [7, 11) is 0. The van der Waals surface area contributed by atoms with Crippen LogP contribution in [0, 0.1) is 17.8 Å². The van der Waals surface area contributed by atoms with E-state index in [0.717, 1.165) is 12.1 Å². The molecular formula is C14H17N3O. The zero-order valence-electron chi connectivity index (χ0n) is 10.3. The standard InChI is InChI=1S/C14H17N3O/c15-6-2-5-12-7-13(10-16-8-12)14(18)17-9-11-3-1-4-11/h7-8,10-11H,1,3-4,6,9,15H2,(H,17,18). The van der Waals surface area contributed by atoms with Gasteiger partial charge in [0.2, 0.25) is 0 Å². The van der Waals surface area contributed by atoms with Gasteiger partial charge in [-0.2, -0.15) is 0 Å². The molecule has 1 fully saturated rings. The van der Waals surface area contributed by atoms with Crippen LogP contribution in [0.4, 0.5) is 0 Å². The summed E-state index contributed by atoms with van der Waals surface area (Å²) in [5.74, 6) is 6.19. The van der Waals surface area contributed by atoms with Crippen LogP contribution in [0.3, 0.4) is 0 Å². The van der Waals surface area contributed by atoms with E-state index in [-0.39, 0.29) is 5.91 Å². The maximum atomic E-state index is 11.9. The molecule has 0 aromatic carbocycles. The highest BCUT2D eigenvalue weighted by Gasteiger charge is 2.18. The van der Waals surface area contributed by atoms with Gasteiger partial charge in [-0.3, -0.25) is 9.78 Å². The van der Waals surface area contributed by atoms with E-state index >= 15 is 0 Å². The van der Waals surface area contributed by atoms with Crippen LogP contribution in [0.15, 0.2) is 18.5 Å². The minimum Gasteiger partial charge on any atom is -0.352 e. The molecule has 2 rings (SSSR count). The Balaban J connectivity index is 1.95. The van der Waals surface area contributed by atoms with Crippen molar-refractivity contribution in [2.45, 2.75) is 19.3 Å². The molecule has 1 aliphatic rings. The van der Waals surface area contributed by atoms with Crippen LogP contribution in [0.5, 0.6) is 0 Å². The van der Waals surface area contributed by atoms with E-state index in [4.69, 9.17) is 5.73 Å². The summed E-state index contributed by atoms with van der Waals surface area (Å²) >= 11 is 0. The molecule has 0 bridgehead atoms. The first-order chi connectivity index (χ1) is 8.79. The third kappa shape index (κ3) is 3.31. The number of rotatable bonds is 3. The first kappa shape index (κ1) is 12.6. The minimum atomic E-state index is -0.0780. The van der Waals surface area contributed by atoms with Crippen molar-refractivity contribution in [3.63, 3.8) is 0 Å². The fraction of sp³-hybridized carbons (Fsp3) is 0.429. The van der Waals surface area contributed by atoms with Crippen molar-refractivity contribution in [3.05, 3.63) is 29.6 Å². The lowest BCUT2D eigenvalue weighted by Crippen LogP contribution is -2.32. The summed E-state index contributed by atoms with van der Waals surface area (Å²) in [6.45, 7) is 1.07. The van der Waals surface area contributed by atoms with Crippen LogP contribution < -0.4 is 11.1 Å². The van der Waals surface area contributed by atoms with E-state index in [2.05, 4.69) is 22.1 Å². The summed E-state index contributed by atoms with van der Waals surface area (Å²) in [5.41, 5.74) is 6.58. The molecule has 4 heteroatoms. The highest BCUT2D eigenvalue weighted by Crippen LogP contribution is 2.25. The molecular weight excluding hydrogens is 226 g/mol. The summed E-state index contributed by atoms with van der Waals surface area (Å²) in [5, 5.41) is 2.93. The number of hydrogen-bond acceptors (Lipinski definition) is 3. The molecule has 0 saturated heterocycles. The molecule has 0 radical (unpaired) electrons. The Morgan fingerprint density at radius 2 is 2.33 bits per heavy atom. The largest absolute Gasteiger partial charge is 0.352 e. The van der Waals surface area contributed by atoms with E-state index in [1.54, 1.807) is 18.5 Å². The normalized spacial score (nSPS) is 14.3. The van der Waals surface area contributed by atoms with Crippen molar-refractivity contribution in [2.24, 2.45) is 11.7 Å². The van der Waals surface area contributed by atoms with Gasteiger partial charge in [0.25, 0.3) is 5.91 Å². The monoisotopic (exact) mass is 243 g/mol. The maximum Gasteiger partial charge on any atom is 0.252 e. The van der Waals surface area contributed by atoms with Crippen LogP contribution in [0.25, 0.3) is 0 Å². The van der Waals surface area contributed by atoms with Crippen molar-refractivity contribution in [2.75, 3.05) is 13.1 Å².